The summed E-state index contributed by atoms with van der Waals surface area (Å²) in [6, 6.07) is 8.13. The summed E-state index contributed by atoms with van der Waals surface area (Å²) in [6.07, 6.45) is 1.67. The van der Waals surface area contributed by atoms with Gasteiger partial charge in [0, 0.05) is 22.9 Å². The fourth-order valence-corrected chi connectivity index (χ4v) is 2.44. The number of aromatic nitrogens is 1. The SMILES string of the molecule is CCN(c1cccc(F)c1)c1ncc(Br)cc1Cl. The fourth-order valence-electron chi connectivity index (χ4n) is 1.70. The predicted molar refractivity (Wildman–Crippen MR) is 76.0 cm³/mol. The van der Waals surface area contributed by atoms with Crippen molar-refractivity contribution in [3.05, 3.63) is 51.8 Å². The van der Waals surface area contributed by atoms with Crippen LogP contribution in [0.25, 0.3) is 0 Å². The maximum atomic E-state index is 13.3. The van der Waals surface area contributed by atoms with Crippen LogP contribution in [0.3, 0.4) is 0 Å². The average Bonchev–Trinajstić information content (AvgIpc) is 2.33. The number of rotatable bonds is 3. The molecule has 1 aromatic carbocycles. The van der Waals surface area contributed by atoms with E-state index in [1.54, 1.807) is 18.3 Å². The first kappa shape index (κ1) is 13.3. The molecule has 0 radical (unpaired) electrons. The summed E-state index contributed by atoms with van der Waals surface area (Å²) in [4.78, 5) is 6.14. The zero-order valence-electron chi connectivity index (χ0n) is 9.70. The normalized spacial score (nSPS) is 10.4. The molecule has 0 aliphatic rings. The molecule has 18 heavy (non-hydrogen) atoms. The third kappa shape index (κ3) is 2.82. The number of hydrogen-bond donors (Lipinski definition) is 0. The standard InChI is InChI=1S/C13H11BrClFN2/c1-2-18(11-5-3-4-10(16)7-11)13-12(15)6-9(14)8-17-13/h3-8H,2H2,1H3. The minimum atomic E-state index is -0.279. The Morgan fingerprint density at radius 3 is 2.78 bits per heavy atom. The molecule has 2 rings (SSSR count). The Kier molecular flexibility index (Phi) is 4.19. The number of halogens is 3. The highest BCUT2D eigenvalue weighted by Gasteiger charge is 2.13. The van der Waals surface area contributed by atoms with Crippen molar-refractivity contribution in [2.24, 2.45) is 0 Å². The summed E-state index contributed by atoms with van der Waals surface area (Å²) in [5.74, 6) is 0.340. The monoisotopic (exact) mass is 328 g/mol. The van der Waals surface area contributed by atoms with Gasteiger partial charge in [0.15, 0.2) is 5.82 Å². The molecule has 0 N–H and O–H groups in total. The van der Waals surface area contributed by atoms with Gasteiger partial charge >= 0.3 is 0 Å². The van der Waals surface area contributed by atoms with E-state index in [9.17, 15) is 4.39 Å². The third-order valence-corrected chi connectivity index (χ3v) is 3.19. The highest BCUT2D eigenvalue weighted by Crippen LogP contribution is 2.31. The minimum Gasteiger partial charge on any atom is -0.325 e. The lowest BCUT2D eigenvalue weighted by Gasteiger charge is -2.23. The van der Waals surface area contributed by atoms with Crippen molar-refractivity contribution in [1.29, 1.82) is 0 Å². The van der Waals surface area contributed by atoms with Gasteiger partial charge in [-0.1, -0.05) is 17.7 Å². The van der Waals surface area contributed by atoms with E-state index >= 15 is 0 Å². The van der Waals surface area contributed by atoms with Gasteiger partial charge in [-0.2, -0.15) is 0 Å². The number of pyridine rings is 1. The second kappa shape index (κ2) is 5.67. The average molecular weight is 330 g/mol. The van der Waals surface area contributed by atoms with E-state index in [-0.39, 0.29) is 5.82 Å². The molecule has 94 valence electrons. The van der Waals surface area contributed by atoms with Crippen molar-refractivity contribution in [1.82, 2.24) is 4.98 Å². The molecule has 0 atom stereocenters. The molecule has 0 aliphatic heterocycles. The van der Waals surface area contributed by atoms with Crippen LogP contribution in [-0.4, -0.2) is 11.5 Å². The molecule has 2 aromatic rings. The smallest absolute Gasteiger partial charge is 0.151 e. The van der Waals surface area contributed by atoms with Crippen LogP contribution in [-0.2, 0) is 0 Å². The van der Waals surface area contributed by atoms with Gasteiger partial charge in [0.25, 0.3) is 0 Å². The van der Waals surface area contributed by atoms with Crippen molar-refractivity contribution in [2.75, 3.05) is 11.4 Å². The number of nitrogens with zero attached hydrogens (tertiary/aromatic N) is 2. The molecule has 1 heterocycles. The van der Waals surface area contributed by atoms with E-state index in [1.165, 1.54) is 12.1 Å². The summed E-state index contributed by atoms with van der Waals surface area (Å²) in [6.45, 7) is 2.61. The first-order valence-electron chi connectivity index (χ1n) is 5.46. The van der Waals surface area contributed by atoms with Gasteiger partial charge < -0.3 is 4.90 Å². The van der Waals surface area contributed by atoms with E-state index < -0.39 is 0 Å². The maximum absolute atomic E-state index is 13.3. The molecule has 0 fully saturated rings. The molecule has 0 saturated heterocycles. The zero-order chi connectivity index (χ0) is 13.1. The van der Waals surface area contributed by atoms with Gasteiger partial charge in [0.05, 0.1) is 5.02 Å². The van der Waals surface area contributed by atoms with Crippen LogP contribution in [0.2, 0.25) is 5.02 Å². The molecular formula is C13H11BrClFN2. The molecule has 0 aliphatic carbocycles. The molecule has 5 heteroatoms. The van der Waals surface area contributed by atoms with Crippen molar-refractivity contribution in [3.8, 4) is 0 Å². The van der Waals surface area contributed by atoms with Crippen LogP contribution in [0.1, 0.15) is 6.92 Å². The second-order valence-electron chi connectivity index (χ2n) is 3.68. The summed E-state index contributed by atoms with van der Waals surface area (Å²) < 4.78 is 14.1. The topological polar surface area (TPSA) is 16.1 Å². The molecule has 0 saturated carbocycles. The van der Waals surface area contributed by atoms with Crippen molar-refractivity contribution < 1.29 is 4.39 Å². The first-order chi connectivity index (χ1) is 8.61. The van der Waals surface area contributed by atoms with Crippen molar-refractivity contribution in [2.45, 2.75) is 6.92 Å². The van der Waals surface area contributed by atoms with Crippen LogP contribution in [0, 0.1) is 5.82 Å². The van der Waals surface area contributed by atoms with Crippen LogP contribution in [0.15, 0.2) is 41.0 Å². The molecule has 2 nitrogen and oxygen atoms in total. The predicted octanol–water partition coefficient (Wildman–Crippen LogP) is 4.79. The van der Waals surface area contributed by atoms with Crippen LogP contribution >= 0.6 is 27.5 Å². The van der Waals surface area contributed by atoms with Crippen LogP contribution in [0.5, 0.6) is 0 Å². The van der Waals surface area contributed by atoms with E-state index in [0.717, 1.165) is 10.2 Å². The van der Waals surface area contributed by atoms with Crippen molar-refractivity contribution >= 4 is 39.0 Å². The van der Waals surface area contributed by atoms with Gasteiger partial charge in [0.2, 0.25) is 0 Å². The Hall–Kier alpha value is -1.13. The largest absolute Gasteiger partial charge is 0.325 e. The Bertz CT molecular complexity index is 562. The highest BCUT2D eigenvalue weighted by atomic mass is 79.9. The quantitative estimate of drug-likeness (QED) is 0.804. The van der Waals surface area contributed by atoms with Gasteiger partial charge in [-0.05, 0) is 47.1 Å². The molecule has 1 aromatic heterocycles. The fraction of sp³-hybridized carbons (Fsp3) is 0.154. The Labute approximate surface area is 119 Å². The summed E-state index contributed by atoms with van der Waals surface area (Å²) >= 11 is 9.47. The summed E-state index contributed by atoms with van der Waals surface area (Å²) in [5.41, 5.74) is 0.731. The van der Waals surface area contributed by atoms with Gasteiger partial charge in [0.1, 0.15) is 5.82 Å². The van der Waals surface area contributed by atoms with E-state index in [4.69, 9.17) is 11.6 Å². The van der Waals surface area contributed by atoms with Crippen LogP contribution in [0.4, 0.5) is 15.9 Å². The van der Waals surface area contributed by atoms with E-state index in [0.29, 0.717) is 17.4 Å². The van der Waals surface area contributed by atoms with Crippen LogP contribution < -0.4 is 4.90 Å². The van der Waals surface area contributed by atoms with E-state index in [2.05, 4.69) is 20.9 Å². The second-order valence-corrected chi connectivity index (χ2v) is 5.01. The van der Waals surface area contributed by atoms with Crippen molar-refractivity contribution in [3.63, 3.8) is 0 Å². The van der Waals surface area contributed by atoms with Gasteiger partial charge in [-0.3, -0.25) is 0 Å². The van der Waals surface area contributed by atoms with Gasteiger partial charge in [-0.25, -0.2) is 9.37 Å². The Morgan fingerprint density at radius 1 is 1.39 bits per heavy atom. The number of hydrogen-bond acceptors (Lipinski definition) is 2. The summed E-state index contributed by atoms with van der Waals surface area (Å²) in [5, 5.41) is 0.524. The molecule has 0 amide bonds. The number of anilines is 2. The lowest BCUT2D eigenvalue weighted by Crippen LogP contribution is -2.17. The van der Waals surface area contributed by atoms with Gasteiger partial charge in [-0.15, -0.1) is 0 Å². The number of benzene rings is 1. The minimum absolute atomic E-state index is 0.279. The van der Waals surface area contributed by atoms with E-state index in [1.807, 2.05) is 17.9 Å². The Morgan fingerprint density at radius 2 is 2.17 bits per heavy atom. The molecule has 0 bridgehead atoms. The molecule has 0 unspecified atom stereocenters. The molecular weight excluding hydrogens is 319 g/mol. The lowest BCUT2D eigenvalue weighted by molar-refractivity contribution is 0.627. The highest BCUT2D eigenvalue weighted by molar-refractivity contribution is 9.10. The molecule has 0 spiro atoms. The maximum Gasteiger partial charge on any atom is 0.151 e. The zero-order valence-corrected chi connectivity index (χ0v) is 12.0. The lowest BCUT2D eigenvalue weighted by atomic mass is 10.2. The third-order valence-electron chi connectivity index (χ3n) is 2.48. The Balaban J connectivity index is 2.45. The summed E-state index contributed by atoms with van der Waals surface area (Å²) in [7, 11) is 0. The first-order valence-corrected chi connectivity index (χ1v) is 6.63.